The molecule has 0 radical (unpaired) electrons. The van der Waals surface area contributed by atoms with Crippen molar-refractivity contribution in [3.8, 4) is 0 Å². The third kappa shape index (κ3) is 4.15. The Hall–Kier alpha value is -1.97. The maximum Gasteiger partial charge on any atom is 0.167 e. The highest BCUT2D eigenvalue weighted by atomic mass is 35.5. The van der Waals surface area contributed by atoms with Gasteiger partial charge in [0.2, 0.25) is 0 Å². The number of fused-ring (bicyclic) bond motifs is 1. The number of carbonyl (C=O) groups excluding carboxylic acids is 1. The van der Waals surface area contributed by atoms with Crippen molar-refractivity contribution in [2.24, 2.45) is 5.92 Å². The minimum absolute atomic E-state index is 0. The normalized spacial score (nSPS) is 11.0. The Morgan fingerprint density at radius 2 is 1.89 bits per heavy atom. The molecule has 0 bridgehead atoms. The molecule has 3 nitrogen and oxygen atoms in total. The Bertz CT molecular complexity index is 960. The quantitative estimate of drug-likeness (QED) is 0.396. The number of ketones is 1. The summed E-state index contributed by atoms with van der Waals surface area (Å²) in [5.41, 5.74) is 10.7. The van der Waals surface area contributed by atoms with Crippen LogP contribution in [0.3, 0.4) is 0 Å². The number of carbonyl (C=O) groups is 1. The van der Waals surface area contributed by atoms with E-state index in [1.807, 2.05) is 56.3 Å². The zero-order chi connectivity index (χ0) is 18.8. The van der Waals surface area contributed by atoms with Gasteiger partial charge in [-0.3, -0.25) is 4.79 Å². The van der Waals surface area contributed by atoms with Crippen molar-refractivity contribution in [1.82, 2.24) is 4.57 Å². The fourth-order valence-electron chi connectivity index (χ4n) is 3.46. The van der Waals surface area contributed by atoms with Crippen molar-refractivity contribution >= 4 is 46.4 Å². The smallest absolute Gasteiger partial charge is 0.167 e. The second-order valence-corrected chi connectivity index (χ2v) is 7.45. The number of halogens is 2. The van der Waals surface area contributed by atoms with Crippen LogP contribution in [0.4, 0.5) is 5.69 Å². The van der Waals surface area contributed by atoms with E-state index in [1.54, 1.807) is 0 Å². The van der Waals surface area contributed by atoms with Crippen LogP contribution in [0.25, 0.3) is 10.9 Å². The molecular weight excluding hydrogens is 379 g/mol. The molecule has 5 heteroatoms. The van der Waals surface area contributed by atoms with Crippen LogP contribution >= 0.6 is 24.0 Å². The van der Waals surface area contributed by atoms with E-state index >= 15 is 0 Å². The molecule has 0 aliphatic carbocycles. The molecule has 0 aliphatic rings. The van der Waals surface area contributed by atoms with Gasteiger partial charge in [0.1, 0.15) is 0 Å². The third-order valence-corrected chi connectivity index (χ3v) is 5.11. The van der Waals surface area contributed by atoms with Gasteiger partial charge in [-0.1, -0.05) is 63.1 Å². The summed E-state index contributed by atoms with van der Waals surface area (Å²) in [6, 6.07) is 13.6. The maximum atomic E-state index is 13.0. The van der Waals surface area contributed by atoms with Gasteiger partial charge in [-0.15, -0.1) is 12.4 Å². The molecule has 0 amide bonds. The van der Waals surface area contributed by atoms with Crippen molar-refractivity contribution in [1.29, 1.82) is 0 Å². The topological polar surface area (TPSA) is 48.0 Å². The van der Waals surface area contributed by atoms with Gasteiger partial charge in [0.15, 0.2) is 5.78 Å². The summed E-state index contributed by atoms with van der Waals surface area (Å²) >= 11 is 6.40. The molecule has 0 atom stereocenters. The first kappa shape index (κ1) is 21.3. The van der Waals surface area contributed by atoms with Crippen molar-refractivity contribution in [3.05, 3.63) is 64.3 Å². The number of anilines is 1. The lowest BCUT2D eigenvalue weighted by atomic mass is 9.96. The molecule has 0 saturated heterocycles. The van der Waals surface area contributed by atoms with Gasteiger partial charge in [-0.25, -0.2) is 0 Å². The molecular formula is C22H26Cl2N2O. The minimum atomic E-state index is -0.0532. The number of hydrogen-bond donors (Lipinski definition) is 1. The summed E-state index contributed by atoms with van der Waals surface area (Å²) in [4.78, 5) is 13.0. The van der Waals surface area contributed by atoms with Crippen LogP contribution in [0.15, 0.2) is 42.5 Å². The highest BCUT2D eigenvalue weighted by molar-refractivity contribution is 6.31. The first-order valence-electron chi connectivity index (χ1n) is 9.12. The van der Waals surface area contributed by atoms with Crippen molar-refractivity contribution < 1.29 is 4.79 Å². The summed E-state index contributed by atoms with van der Waals surface area (Å²) in [6.07, 6.45) is 1.81. The van der Waals surface area contributed by atoms with Gasteiger partial charge in [0.05, 0.1) is 5.52 Å². The molecule has 0 saturated carbocycles. The number of Topliss-reactive ketones (excluding diaryl/α,β-unsaturated/α-hetero) is 1. The van der Waals surface area contributed by atoms with E-state index in [0.717, 1.165) is 45.6 Å². The number of hydrogen-bond acceptors (Lipinski definition) is 2. The van der Waals surface area contributed by atoms with Crippen molar-refractivity contribution in [2.45, 2.75) is 40.2 Å². The average molecular weight is 405 g/mol. The molecule has 144 valence electrons. The van der Waals surface area contributed by atoms with Crippen LogP contribution < -0.4 is 5.73 Å². The third-order valence-electron chi connectivity index (χ3n) is 4.74. The molecule has 0 fully saturated rings. The number of aromatic nitrogens is 1. The maximum absolute atomic E-state index is 13.0. The fourth-order valence-corrected chi connectivity index (χ4v) is 3.65. The number of benzene rings is 2. The SMILES string of the molecule is CCCc1c(C(=O)C(C)C)c2ccc(N)cc2n1Cc1ccccc1Cl.Cl. The molecule has 27 heavy (non-hydrogen) atoms. The Labute approximate surface area is 171 Å². The van der Waals surface area contributed by atoms with Crippen LogP contribution in [0.1, 0.15) is 48.8 Å². The first-order valence-corrected chi connectivity index (χ1v) is 9.50. The van der Waals surface area contributed by atoms with Gasteiger partial charge in [0, 0.05) is 39.8 Å². The zero-order valence-electron chi connectivity index (χ0n) is 16.0. The summed E-state index contributed by atoms with van der Waals surface area (Å²) in [5.74, 6) is 0.128. The van der Waals surface area contributed by atoms with E-state index < -0.39 is 0 Å². The molecule has 2 N–H and O–H groups in total. The minimum Gasteiger partial charge on any atom is -0.399 e. The second-order valence-electron chi connectivity index (χ2n) is 7.04. The van der Waals surface area contributed by atoms with Crippen LogP contribution in [0.2, 0.25) is 5.02 Å². The molecule has 3 aromatic rings. The standard InChI is InChI=1S/C22H25ClN2O.ClH/c1-4-7-19-21(22(26)14(2)3)17-11-10-16(24)12-20(17)25(19)13-15-8-5-6-9-18(15)23;/h5-6,8-12,14H,4,7,13,24H2,1-3H3;1H. The monoisotopic (exact) mass is 404 g/mol. The molecule has 0 spiro atoms. The van der Waals surface area contributed by atoms with Crippen molar-refractivity contribution in [3.63, 3.8) is 0 Å². The predicted molar refractivity (Wildman–Crippen MR) is 117 cm³/mol. The Morgan fingerprint density at radius 3 is 2.52 bits per heavy atom. The van der Waals surface area contributed by atoms with Gasteiger partial charge in [-0.2, -0.15) is 0 Å². The second kappa shape index (κ2) is 8.81. The highest BCUT2D eigenvalue weighted by Crippen LogP contribution is 2.32. The van der Waals surface area contributed by atoms with E-state index in [2.05, 4.69) is 11.5 Å². The van der Waals surface area contributed by atoms with E-state index in [4.69, 9.17) is 17.3 Å². The van der Waals surface area contributed by atoms with E-state index in [0.29, 0.717) is 12.2 Å². The van der Waals surface area contributed by atoms with Crippen LogP contribution in [-0.2, 0) is 13.0 Å². The molecule has 3 rings (SSSR count). The molecule has 0 unspecified atom stereocenters. The Balaban J connectivity index is 0.00000261. The van der Waals surface area contributed by atoms with Crippen LogP contribution in [-0.4, -0.2) is 10.4 Å². The predicted octanol–water partition coefficient (Wildman–Crippen LogP) is 6.14. The molecule has 0 aliphatic heterocycles. The number of nitrogens with two attached hydrogens (primary N) is 1. The highest BCUT2D eigenvalue weighted by Gasteiger charge is 2.24. The Morgan fingerprint density at radius 1 is 1.19 bits per heavy atom. The zero-order valence-corrected chi connectivity index (χ0v) is 17.5. The van der Waals surface area contributed by atoms with Crippen LogP contribution in [0, 0.1) is 5.92 Å². The summed E-state index contributed by atoms with van der Waals surface area (Å²) in [7, 11) is 0. The van der Waals surface area contributed by atoms with Gasteiger partial charge in [-0.05, 0) is 30.2 Å². The number of nitrogen functional groups attached to an aromatic ring is 1. The van der Waals surface area contributed by atoms with Crippen molar-refractivity contribution in [2.75, 3.05) is 5.73 Å². The average Bonchev–Trinajstić information content (AvgIpc) is 2.89. The van der Waals surface area contributed by atoms with Gasteiger partial charge >= 0.3 is 0 Å². The lowest BCUT2D eigenvalue weighted by molar-refractivity contribution is 0.0940. The van der Waals surface area contributed by atoms with E-state index in [-0.39, 0.29) is 24.1 Å². The van der Waals surface area contributed by atoms with E-state index in [9.17, 15) is 4.79 Å². The van der Waals surface area contributed by atoms with Gasteiger partial charge in [0.25, 0.3) is 0 Å². The molecule has 1 aromatic heterocycles. The van der Waals surface area contributed by atoms with Crippen LogP contribution in [0.5, 0.6) is 0 Å². The lowest BCUT2D eigenvalue weighted by Crippen LogP contribution is -2.12. The Kier molecular flexibility index (Phi) is 6.96. The summed E-state index contributed by atoms with van der Waals surface area (Å²) in [5, 5.41) is 1.71. The number of rotatable bonds is 6. The van der Waals surface area contributed by atoms with E-state index in [1.165, 1.54) is 0 Å². The lowest BCUT2D eigenvalue weighted by Gasteiger charge is -2.13. The summed E-state index contributed by atoms with van der Waals surface area (Å²) < 4.78 is 2.21. The summed E-state index contributed by atoms with van der Waals surface area (Å²) in [6.45, 7) is 6.66. The molecule has 1 heterocycles. The number of nitrogens with zero attached hydrogens (tertiary/aromatic N) is 1. The first-order chi connectivity index (χ1) is 12.4. The molecule has 2 aromatic carbocycles. The van der Waals surface area contributed by atoms with Gasteiger partial charge < -0.3 is 10.3 Å². The fraction of sp³-hybridized carbons (Fsp3) is 0.318. The largest absolute Gasteiger partial charge is 0.399 e.